The summed E-state index contributed by atoms with van der Waals surface area (Å²) < 4.78 is 5.08. The molecule has 144 valence electrons. The van der Waals surface area contributed by atoms with Crippen LogP contribution in [0.5, 0.6) is 5.75 Å². The van der Waals surface area contributed by atoms with Gasteiger partial charge in [-0.25, -0.2) is 4.79 Å². The van der Waals surface area contributed by atoms with Crippen molar-refractivity contribution < 1.29 is 19.2 Å². The van der Waals surface area contributed by atoms with E-state index in [0.717, 1.165) is 0 Å². The van der Waals surface area contributed by atoms with Gasteiger partial charge in [-0.2, -0.15) is 0 Å². The summed E-state index contributed by atoms with van der Waals surface area (Å²) in [7, 11) is 1.54. The zero-order valence-corrected chi connectivity index (χ0v) is 16.6. The summed E-state index contributed by atoms with van der Waals surface area (Å²) in [5.74, 6) is -0.305. The molecular weight excluding hydrogens is 413 g/mol. The molecule has 5 nitrogen and oxygen atoms in total. The van der Waals surface area contributed by atoms with Crippen LogP contribution in [-0.4, -0.2) is 24.6 Å². The number of carbonyl (C=O) groups is 2. The molecule has 29 heavy (non-hydrogen) atoms. The number of halogens is 2. The Kier molecular flexibility index (Phi) is 5.09. The Morgan fingerprint density at radius 2 is 1.48 bits per heavy atom. The van der Waals surface area contributed by atoms with E-state index in [4.69, 9.17) is 32.8 Å². The average molecular weight is 426 g/mol. The topological polar surface area (TPSA) is 65.0 Å². The summed E-state index contributed by atoms with van der Waals surface area (Å²) >= 11 is 12.6. The first-order chi connectivity index (χ1) is 14.0. The maximum atomic E-state index is 12.9. The van der Waals surface area contributed by atoms with Gasteiger partial charge in [0.2, 0.25) is 0 Å². The number of oxime groups is 1. The van der Waals surface area contributed by atoms with Crippen LogP contribution in [0.2, 0.25) is 10.0 Å². The second-order valence-electron chi connectivity index (χ2n) is 6.20. The van der Waals surface area contributed by atoms with Crippen LogP contribution in [0.4, 0.5) is 0 Å². The number of hydrogen-bond acceptors (Lipinski definition) is 5. The third-order valence-corrected chi connectivity index (χ3v) is 5.17. The van der Waals surface area contributed by atoms with Gasteiger partial charge in [0.1, 0.15) is 11.5 Å². The highest BCUT2D eigenvalue weighted by molar-refractivity contribution is 6.43. The van der Waals surface area contributed by atoms with Crippen LogP contribution < -0.4 is 4.74 Å². The lowest BCUT2D eigenvalue weighted by atomic mass is 9.83. The normalized spacial score (nSPS) is 13.6. The van der Waals surface area contributed by atoms with Gasteiger partial charge in [0.15, 0.2) is 5.78 Å². The summed E-state index contributed by atoms with van der Waals surface area (Å²) in [5.41, 5.74) is 2.06. The third kappa shape index (κ3) is 3.39. The highest BCUT2D eigenvalue weighted by atomic mass is 35.5. The number of ether oxygens (including phenoxy) is 1. The van der Waals surface area contributed by atoms with Crippen LogP contribution in [0.25, 0.3) is 0 Å². The van der Waals surface area contributed by atoms with E-state index in [1.54, 1.807) is 60.7 Å². The van der Waals surface area contributed by atoms with Gasteiger partial charge in [0, 0.05) is 16.7 Å². The summed E-state index contributed by atoms with van der Waals surface area (Å²) in [6, 6.07) is 16.4. The number of hydrogen-bond donors (Lipinski definition) is 0. The first kappa shape index (κ1) is 19.2. The number of rotatable bonds is 3. The van der Waals surface area contributed by atoms with Crippen LogP contribution in [-0.2, 0) is 4.84 Å². The summed E-state index contributed by atoms with van der Waals surface area (Å²) in [4.78, 5) is 30.5. The lowest BCUT2D eigenvalue weighted by molar-refractivity contribution is 0.0517. The maximum absolute atomic E-state index is 12.9. The Morgan fingerprint density at radius 3 is 2.14 bits per heavy atom. The summed E-state index contributed by atoms with van der Waals surface area (Å²) in [6.07, 6.45) is 0. The molecule has 4 rings (SSSR count). The van der Waals surface area contributed by atoms with Gasteiger partial charge in [-0.05, 0) is 36.4 Å². The third-order valence-electron chi connectivity index (χ3n) is 4.54. The van der Waals surface area contributed by atoms with Crippen LogP contribution in [0.15, 0.2) is 65.8 Å². The Morgan fingerprint density at radius 1 is 0.862 bits per heavy atom. The molecule has 3 aromatic rings. The largest absolute Gasteiger partial charge is 0.497 e. The van der Waals surface area contributed by atoms with Crippen LogP contribution in [0.3, 0.4) is 0 Å². The lowest BCUT2D eigenvalue weighted by Gasteiger charge is -2.21. The van der Waals surface area contributed by atoms with Crippen molar-refractivity contribution in [1.29, 1.82) is 0 Å². The van der Waals surface area contributed by atoms with E-state index in [1.165, 1.54) is 7.11 Å². The van der Waals surface area contributed by atoms with Gasteiger partial charge < -0.3 is 9.57 Å². The molecule has 0 aromatic heterocycles. The summed E-state index contributed by atoms with van der Waals surface area (Å²) in [5, 5.41) is 4.67. The molecule has 0 radical (unpaired) electrons. The molecule has 0 aliphatic heterocycles. The zero-order valence-electron chi connectivity index (χ0n) is 15.1. The number of benzene rings is 3. The highest BCUT2D eigenvalue weighted by Crippen LogP contribution is 2.35. The molecule has 0 unspecified atom stereocenters. The highest BCUT2D eigenvalue weighted by Gasteiger charge is 2.32. The molecule has 0 heterocycles. The first-order valence-electron chi connectivity index (χ1n) is 8.57. The number of methoxy groups -OCH3 is 1. The number of carbonyl (C=O) groups excluding carboxylic acids is 2. The molecule has 0 saturated heterocycles. The quantitative estimate of drug-likeness (QED) is 0.336. The van der Waals surface area contributed by atoms with E-state index in [-0.39, 0.29) is 16.5 Å². The first-order valence-corrected chi connectivity index (χ1v) is 9.32. The Hall–Kier alpha value is -3.15. The fourth-order valence-corrected chi connectivity index (χ4v) is 3.66. The van der Waals surface area contributed by atoms with Crippen molar-refractivity contribution in [1.82, 2.24) is 0 Å². The standard InChI is InChI=1S/C22H13Cl2NO4/c1-28-13-10-8-12(9-11-13)22(27)29-25-20-14-4-2-7-17(24)19(14)21(26)15-5-3-6-16(23)18(15)20/h2-11H,1H3/b25-20+. The molecule has 0 amide bonds. The summed E-state index contributed by atoms with van der Waals surface area (Å²) in [6.45, 7) is 0. The molecule has 0 saturated carbocycles. The second-order valence-corrected chi connectivity index (χ2v) is 7.02. The minimum absolute atomic E-state index is 0.261. The van der Waals surface area contributed by atoms with E-state index in [1.807, 2.05) is 0 Å². The Labute approximate surface area is 176 Å². The average Bonchev–Trinajstić information content (AvgIpc) is 2.74. The van der Waals surface area contributed by atoms with E-state index >= 15 is 0 Å². The van der Waals surface area contributed by atoms with E-state index in [9.17, 15) is 9.59 Å². The molecular formula is C22H13Cl2NO4. The molecule has 1 aliphatic carbocycles. The van der Waals surface area contributed by atoms with Gasteiger partial charge in [0.25, 0.3) is 0 Å². The van der Waals surface area contributed by atoms with Crippen LogP contribution in [0.1, 0.15) is 37.4 Å². The number of ketones is 1. The van der Waals surface area contributed by atoms with Crippen LogP contribution in [0, 0.1) is 0 Å². The SMILES string of the molecule is COc1ccc(C(=O)O/N=C2\c3cccc(Cl)c3C(=O)c3cccc(Cl)c32)cc1. The molecule has 0 spiro atoms. The van der Waals surface area contributed by atoms with Crippen molar-refractivity contribution >= 4 is 40.7 Å². The van der Waals surface area contributed by atoms with Gasteiger partial charge >= 0.3 is 5.97 Å². The number of nitrogens with zero attached hydrogens (tertiary/aromatic N) is 1. The monoisotopic (exact) mass is 425 g/mol. The van der Waals surface area contributed by atoms with Gasteiger partial charge in [0.05, 0.1) is 28.3 Å². The molecule has 0 bridgehead atoms. The minimum Gasteiger partial charge on any atom is -0.497 e. The zero-order chi connectivity index (χ0) is 20.5. The molecule has 0 N–H and O–H groups in total. The molecule has 0 atom stereocenters. The Bertz CT molecular complexity index is 1170. The van der Waals surface area contributed by atoms with E-state index in [2.05, 4.69) is 5.16 Å². The molecule has 0 fully saturated rings. The van der Waals surface area contributed by atoms with Crippen LogP contribution >= 0.6 is 23.2 Å². The van der Waals surface area contributed by atoms with Crippen molar-refractivity contribution in [3.05, 3.63) is 98.5 Å². The molecule has 3 aromatic carbocycles. The lowest BCUT2D eigenvalue weighted by Crippen LogP contribution is -2.23. The second kappa shape index (κ2) is 7.70. The predicted molar refractivity (Wildman–Crippen MR) is 110 cm³/mol. The fourth-order valence-electron chi connectivity index (χ4n) is 3.14. The van der Waals surface area contributed by atoms with Gasteiger partial charge in [-0.3, -0.25) is 4.79 Å². The van der Waals surface area contributed by atoms with Crippen molar-refractivity contribution in [2.75, 3.05) is 7.11 Å². The number of fused-ring (bicyclic) bond motifs is 2. The van der Waals surface area contributed by atoms with Gasteiger partial charge in [-0.15, -0.1) is 0 Å². The maximum Gasteiger partial charge on any atom is 0.365 e. The smallest absolute Gasteiger partial charge is 0.365 e. The minimum atomic E-state index is -0.658. The van der Waals surface area contributed by atoms with E-state index < -0.39 is 5.97 Å². The van der Waals surface area contributed by atoms with E-state index in [0.29, 0.717) is 38.6 Å². The van der Waals surface area contributed by atoms with Crippen molar-refractivity contribution in [3.8, 4) is 5.75 Å². The fraction of sp³-hybridized carbons (Fsp3) is 0.0455. The molecule has 7 heteroatoms. The van der Waals surface area contributed by atoms with Crippen molar-refractivity contribution in [2.45, 2.75) is 0 Å². The Balaban J connectivity index is 1.79. The van der Waals surface area contributed by atoms with Gasteiger partial charge in [-0.1, -0.05) is 52.6 Å². The predicted octanol–water partition coefficient (Wildman–Crippen LogP) is 5.16. The van der Waals surface area contributed by atoms with Crippen molar-refractivity contribution in [3.63, 3.8) is 0 Å². The van der Waals surface area contributed by atoms with Crippen molar-refractivity contribution in [2.24, 2.45) is 5.16 Å². The molecule has 1 aliphatic rings.